The molecule has 1 aromatic rings. The molecule has 0 aliphatic heterocycles. The smallest absolute Gasteiger partial charge is 0.146 e. The third kappa shape index (κ3) is 4.23. The van der Waals surface area contributed by atoms with Crippen LogP contribution in [-0.2, 0) is 4.79 Å². The van der Waals surface area contributed by atoms with E-state index in [9.17, 15) is 4.79 Å². The molecule has 0 radical (unpaired) electrons. The van der Waals surface area contributed by atoms with Gasteiger partial charge in [-0.2, -0.15) is 0 Å². The van der Waals surface area contributed by atoms with Crippen molar-refractivity contribution in [2.45, 2.75) is 51.2 Å². The molecule has 0 N–H and O–H groups in total. The van der Waals surface area contributed by atoms with E-state index < -0.39 is 0 Å². The second-order valence-corrected chi connectivity index (χ2v) is 6.37. The van der Waals surface area contributed by atoms with Crippen molar-refractivity contribution in [1.29, 1.82) is 0 Å². The molecule has 96 valence electrons. The van der Waals surface area contributed by atoms with Gasteiger partial charge < -0.3 is 4.42 Å². The topological polar surface area (TPSA) is 30.2 Å². The van der Waals surface area contributed by atoms with Gasteiger partial charge in [0.15, 0.2) is 0 Å². The quantitative estimate of drug-likeness (QED) is 0.708. The number of thioether (sulfide) groups is 1. The Labute approximate surface area is 108 Å². The van der Waals surface area contributed by atoms with Gasteiger partial charge in [-0.05, 0) is 24.8 Å². The Kier molecular flexibility index (Phi) is 5.31. The molecule has 0 saturated heterocycles. The predicted octanol–water partition coefficient (Wildman–Crippen LogP) is 4.32. The van der Waals surface area contributed by atoms with Gasteiger partial charge in [-0.1, -0.05) is 27.7 Å². The lowest BCUT2D eigenvalue weighted by Crippen LogP contribution is -2.24. The summed E-state index contributed by atoms with van der Waals surface area (Å²) in [6.45, 7) is 10.3. The van der Waals surface area contributed by atoms with Gasteiger partial charge in [0.25, 0.3) is 0 Å². The lowest BCUT2D eigenvalue weighted by atomic mass is 9.99. The van der Waals surface area contributed by atoms with Gasteiger partial charge in [0, 0.05) is 11.3 Å². The molecule has 0 bridgehead atoms. The van der Waals surface area contributed by atoms with Gasteiger partial charge in [0.1, 0.15) is 11.5 Å². The van der Waals surface area contributed by atoms with Crippen LogP contribution in [0.15, 0.2) is 21.6 Å². The molecule has 0 aromatic carbocycles. The minimum absolute atomic E-state index is 0.0358. The summed E-state index contributed by atoms with van der Waals surface area (Å²) in [5.41, 5.74) is 0. The van der Waals surface area contributed by atoms with E-state index in [0.717, 1.165) is 10.7 Å². The zero-order valence-corrected chi connectivity index (χ0v) is 12.1. The molecule has 17 heavy (non-hydrogen) atoms. The zero-order valence-electron chi connectivity index (χ0n) is 11.3. The van der Waals surface area contributed by atoms with Crippen LogP contribution >= 0.6 is 11.8 Å². The fourth-order valence-corrected chi connectivity index (χ4v) is 2.85. The van der Waals surface area contributed by atoms with Crippen LogP contribution in [0.4, 0.5) is 0 Å². The Balaban J connectivity index is 2.73. The fourth-order valence-electron chi connectivity index (χ4n) is 1.72. The first-order chi connectivity index (χ1) is 7.91. The first-order valence-corrected chi connectivity index (χ1v) is 7.03. The monoisotopic (exact) mass is 254 g/mol. The summed E-state index contributed by atoms with van der Waals surface area (Å²) in [6, 6.07) is 1.94. The number of Topliss-reactive ketones (excluding diaryl/α,β-unsaturated/α-hetero) is 1. The molecule has 2 nitrogen and oxygen atoms in total. The van der Waals surface area contributed by atoms with E-state index in [-0.39, 0.29) is 5.25 Å². The van der Waals surface area contributed by atoms with E-state index in [2.05, 4.69) is 27.7 Å². The molecule has 1 atom stereocenters. The number of carbonyl (C=O) groups excluding carboxylic acids is 1. The van der Waals surface area contributed by atoms with Crippen LogP contribution in [0, 0.1) is 18.8 Å². The Morgan fingerprint density at radius 3 is 2.41 bits per heavy atom. The van der Waals surface area contributed by atoms with Crippen LogP contribution in [0.5, 0.6) is 0 Å². The van der Waals surface area contributed by atoms with E-state index in [1.807, 2.05) is 13.0 Å². The second-order valence-electron chi connectivity index (χ2n) is 5.19. The Morgan fingerprint density at radius 2 is 2.00 bits per heavy atom. The fraction of sp³-hybridized carbons (Fsp3) is 0.643. The van der Waals surface area contributed by atoms with Crippen molar-refractivity contribution in [1.82, 2.24) is 0 Å². The highest BCUT2D eigenvalue weighted by atomic mass is 32.2. The summed E-state index contributed by atoms with van der Waals surface area (Å²) in [6.07, 6.45) is 2.34. The van der Waals surface area contributed by atoms with Crippen LogP contribution in [0.3, 0.4) is 0 Å². The number of aryl methyl sites for hydroxylation is 1. The molecule has 0 spiro atoms. The summed E-state index contributed by atoms with van der Waals surface area (Å²) in [5.74, 6) is 2.02. The van der Waals surface area contributed by atoms with Crippen LogP contribution in [0.2, 0.25) is 0 Å². The summed E-state index contributed by atoms with van der Waals surface area (Å²) < 4.78 is 5.27. The normalized spacial score (nSPS) is 13.4. The number of carbonyl (C=O) groups is 1. The van der Waals surface area contributed by atoms with Crippen LogP contribution in [0.25, 0.3) is 0 Å². The molecule has 0 fully saturated rings. The number of furan rings is 1. The van der Waals surface area contributed by atoms with E-state index in [0.29, 0.717) is 24.0 Å². The van der Waals surface area contributed by atoms with E-state index in [1.54, 1.807) is 18.0 Å². The number of rotatable bonds is 6. The maximum atomic E-state index is 12.2. The van der Waals surface area contributed by atoms with Gasteiger partial charge in [-0.3, -0.25) is 4.79 Å². The minimum Gasteiger partial charge on any atom is -0.468 e. The van der Waals surface area contributed by atoms with Gasteiger partial charge in [0.05, 0.1) is 11.5 Å². The first kappa shape index (κ1) is 14.4. The molecule has 1 rings (SSSR count). The van der Waals surface area contributed by atoms with Crippen molar-refractivity contribution in [3.63, 3.8) is 0 Å². The first-order valence-electron chi connectivity index (χ1n) is 6.15. The predicted molar refractivity (Wildman–Crippen MR) is 72.4 cm³/mol. The van der Waals surface area contributed by atoms with Crippen molar-refractivity contribution in [3.8, 4) is 0 Å². The molecule has 0 saturated carbocycles. The van der Waals surface area contributed by atoms with E-state index >= 15 is 0 Å². The highest BCUT2D eigenvalue weighted by Gasteiger charge is 2.24. The summed E-state index contributed by atoms with van der Waals surface area (Å²) in [5, 5.41) is 0.0358. The largest absolute Gasteiger partial charge is 0.468 e. The zero-order chi connectivity index (χ0) is 13.0. The van der Waals surface area contributed by atoms with Crippen LogP contribution in [-0.4, -0.2) is 11.0 Å². The van der Waals surface area contributed by atoms with Crippen molar-refractivity contribution in [3.05, 3.63) is 18.1 Å². The molecule has 3 heteroatoms. The number of ketones is 1. The summed E-state index contributed by atoms with van der Waals surface area (Å²) >= 11 is 1.64. The highest BCUT2D eigenvalue weighted by Crippen LogP contribution is 2.32. The van der Waals surface area contributed by atoms with Crippen LogP contribution in [0.1, 0.15) is 39.9 Å². The highest BCUT2D eigenvalue weighted by molar-refractivity contribution is 8.00. The third-order valence-corrected chi connectivity index (χ3v) is 4.34. The average molecular weight is 254 g/mol. The third-order valence-electron chi connectivity index (χ3n) is 2.60. The van der Waals surface area contributed by atoms with Gasteiger partial charge >= 0.3 is 0 Å². The molecule has 0 aliphatic carbocycles. The lowest BCUT2D eigenvalue weighted by molar-refractivity contribution is -0.119. The SMILES string of the molecule is Cc1occc1SC(C(=O)CC(C)C)C(C)C. The van der Waals surface area contributed by atoms with E-state index in [1.165, 1.54) is 0 Å². The molecule has 0 aliphatic rings. The van der Waals surface area contributed by atoms with Crippen LogP contribution < -0.4 is 0 Å². The Bertz CT molecular complexity index is 366. The van der Waals surface area contributed by atoms with Crippen molar-refractivity contribution >= 4 is 17.5 Å². The average Bonchev–Trinajstić information content (AvgIpc) is 2.58. The van der Waals surface area contributed by atoms with Crippen molar-refractivity contribution in [2.75, 3.05) is 0 Å². The maximum Gasteiger partial charge on any atom is 0.146 e. The van der Waals surface area contributed by atoms with Gasteiger partial charge in [-0.15, -0.1) is 11.8 Å². The van der Waals surface area contributed by atoms with Gasteiger partial charge in [-0.25, -0.2) is 0 Å². The molecular formula is C14H22O2S. The number of hydrogen-bond acceptors (Lipinski definition) is 3. The molecule has 1 unspecified atom stereocenters. The Hall–Kier alpha value is -0.700. The van der Waals surface area contributed by atoms with Gasteiger partial charge in [0.2, 0.25) is 0 Å². The van der Waals surface area contributed by atoms with Crippen molar-refractivity contribution < 1.29 is 9.21 Å². The standard InChI is InChI=1S/C14H22O2S/c1-9(2)8-12(15)14(10(3)4)17-13-6-7-16-11(13)5/h6-7,9-10,14H,8H2,1-5H3. The van der Waals surface area contributed by atoms with E-state index in [4.69, 9.17) is 4.42 Å². The lowest BCUT2D eigenvalue weighted by Gasteiger charge is -2.19. The van der Waals surface area contributed by atoms with Crippen molar-refractivity contribution in [2.24, 2.45) is 11.8 Å². The second kappa shape index (κ2) is 6.29. The minimum atomic E-state index is 0.0358. The molecular weight excluding hydrogens is 232 g/mol. The molecule has 1 heterocycles. The number of hydrogen-bond donors (Lipinski definition) is 0. The Morgan fingerprint density at radius 1 is 1.35 bits per heavy atom. The molecule has 0 amide bonds. The summed E-state index contributed by atoms with van der Waals surface area (Å²) in [7, 11) is 0. The maximum absolute atomic E-state index is 12.2. The molecule has 1 aromatic heterocycles. The summed E-state index contributed by atoms with van der Waals surface area (Å²) in [4.78, 5) is 13.3.